The molecule has 0 N–H and O–H groups in total. The Kier molecular flexibility index (Phi) is 2.51. The number of hydrogen-bond acceptors (Lipinski definition) is 2. The lowest BCUT2D eigenvalue weighted by atomic mass is 10.2. The third-order valence-electron chi connectivity index (χ3n) is 2.21. The fourth-order valence-corrected chi connectivity index (χ4v) is 1.57. The Morgan fingerprint density at radius 3 is 2.93 bits per heavy atom. The van der Waals surface area contributed by atoms with E-state index in [2.05, 4.69) is 0 Å². The maximum absolute atomic E-state index is 13.5. The van der Waals surface area contributed by atoms with E-state index in [4.69, 9.17) is 4.74 Å². The fourth-order valence-electron chi connectivity index (χ4n) is 1.57. The third-order valence-corrected chi connectivity index (χ3v) is 2.21. The van der Waals surface area contributed by atoms with Crippen LogP contribution < -0.4 is 5.43 Å². The van der Waals surface area contributed by atoms with Gasteiger partial charge in [0.15, 0.2) is 5.43 Å². The normalized spacial score (nSPS) is 10.8. The number of halogens is 1. The van der Waals surface area contributed by atoms with E-state index in [9.17, 15) is 9.18 Å². The van der Waals surface area contributed by atoms with Gasteiger partial charge in [-0.1, -0.05) is 6.07 Å². The Labute approximate surface area is 85.7 Å². The summed E-state index contributed by atoms with van der Waals surface area (Å²) in [5.41, 5.74) is 0.101. The second kappa shape index (κ2) is 3.82. The molecular formula is C11H10FNO2. The van der Waals surface area contributed by atoms with E-state index in [1.54, 1.807) is 10.6 Å². The first-order valence-electron chi connectivity index (χ1n) is 4.50. The van der Waals surface area contributed by atoms with Crippen molar-refractivity contribution in [3.63, 3.8) is 0 Å². The number of pyridine rings is 1. The largest absolute Gasteiger partial charge is 0.364 e. The maximum atomic E-state index is 13.5. The molecule has 2 rings (SSSR count). The van der Waals surface area contributed by atoms with Gasteiger partial charge in [0.1, 0.15) is 12.5 Å². The number of ether oxygens (including phenoxy) is 1. The van der Waals surface area contributed by atoms with Gasteiger partial charge in [-0.2, -0.15) is 0 Å². The molecule has 0 aliphatic carbocycles. The minimum absolute atomic E-state index is 0.183. The van der Waals surface area contributed by atoms with Crippen molar-refractivity contribution in [3.05, 3.63) is 46.5 Å². The third kappa shape index (κ3) is 1.64. The van der Waals surface area contributed by atoms with Gasteiger partial charge < -0.3 is 9.30 Å². The predicted octanol–water partition coefficient (Wildman–Crippen LogP) is 1.74. The highest BCUT2D eigenvalue weighted by molar-refractivity contribution is 5.79. The summed E-state index contributed by atoms with van der Waals surface area (Å²) in [6, 6.07) is 5.86. The van der Waals surface area contributed by atoms with Crippen LogP contribution in [0.25, 0.3) is 10.9 Å². The molecule has 0 aliphatic rings. The molecule has 4 heteroatoms. The molecule has 0 bridgehead atoms. The highest BCUT2D eigenvalue weighted by atomic mass is 19.1. The van der Waals surface area contributed by atoms with Crippen molar-refractivity contribution in [2.75, 3.05) is 7.11 Å². The molecule has 0 unspecified atom stereocenters. The van der Waals surface area contributed by atoms with Gasteiger partial charge in [-0.3, -0.25) is 4.79 Å². The summed E-state index contributed by atoms with van der Waals surface area (Å²) < 4.78 is 20.0. The van der Waals surface area contributed by atoms with Crippen molar-refractivity contribution >= 4 is 10.9 Å². The zero-order valence-electron chi connectivity index (χ0n) is 8.24. The number of fused-ring (bicyclic) bond motifs is 1. The minimum Gasteiger partial charge on any atom is -0.364 e. The van der Waals surface area contributed by atoms with Crippen molar-refractivity contribution in [1.29, 1.82) is 0 Å². The summed E-state index contributed by atoms with van der Waals surface area (Å²) >= 11 is 0. The number of para-hydroxylation sites is 1. The van der Waals surface area contributed by atoms with E-state index in [-0.39, 0.29) is 17.7 Å². The highest BCUT2D eigenvalue weighted by Crippen LogP contribution is 2.14. The van der Waals surface area contributed by atoms with E-state index < -0.39 is 5.82 Å². The maximum Gasteiger partial charge on any atom is 0.189 e. The SMILES string of the molecule is COCn1ccc(=O)c2cccc(F)c21. The molecule has 0 aliphatic heterocycles. The molecule has 0 fully saturated rings. The summed E-state index contributed by atoms with van der Waals surface area (Å²) in [5.74, 6) is -0.415. The van der Waals surface area contributed by atoms with Crippen LogP contribution in [0.3, 0.4) is 0 Å². The second-order valence-electron chi connectivity index (χ2n) is 3.20. The van der Waals surface area contributed by atoms with Crippen LogP contribution in [0.5, 0.6) is 0 Å². The topological polar surface area (TPSA) is 31.2 Å². The number of aromatic nitrogens is 1. The van der Waals surface area contributed by atoms with Crippen LogP contribution >= 0.6 is 0 Å². The predicted molar refractivity (Wildman–Crippen MR) is 55.2 cm³/mol. The van der Waals surface area contributed by atoms with Gasteiger partial charge in [0.05, 0.1) is 5.52 Å². The molecule has 78 valence electrons. The molecule has 1 aromatic carbocycles. The quantitative estimate of drug-likeness (QED) is 0.751. The summed E-state index contributed by atoms with van der Waals surface area (Å²) in [4.78, 5) is 11.5. The molecule has 1 aromatic heterocycles. The first-order valence-corrected chi connectivity index (χ1v) is 4.50. The number of benzene rings is 1. The Bertz CT molecular complexity index is 548. The van der Waals surface area contributed by atoms with Crippen LogP contribution in [0, 0.1) is 5.82 Å². The zero-order chi connectivity index (χ0) is 10.8. The number of nitrogens with zero attached hydrogens (tertiary/aromatic N) is 1. The molecule has 0 saturated carbocycles. The lowest BCUT2D eigenvalue weighted by Crippen LogP contribution is -2.10. The molecule has 0 spiro atoms. The molecular weight excluding hydrogens is 197 g/mol. The van der Waals surface area contributed by atoms with E-state index in [0.29, 0.717) is 5.39 Å². The van der Waals surface area contributed by atoms with Crippen molar-refractivity contribution in [1.82, 2.24) is 4.57 Å². The number of rotatable bonds is 2. The Morgan fingerprint density at radius 1 is 1.40 bits per heavy atom. The molecule has 3 nitrogen and oxygen atoms in total. The van der Waals surface area contributed by atoms with Gasteiger partial charge in [-0.25, -0.2) is 4.39 Å². The Morgan fingerprint density at radius 2 is 2.20 bits per heavy atom. The number of hydrogen-bond donors (Lipinski definition) is 0. The summed E-state index contributed by atoms with van der Waals surface area (Å²) in [7, 11) is 1.52. The summed E-state index contributed by atoms with van der Waals surface area (Å²) in [6.45, 7) is 0.220. The van der Waals surface area contributed by atoms with Crippen LogP contribution in [-0.2, 0) is 11.5 Å². The Balaban J connectivity index is 2.84. The summed E-state index contributed by atoms with van der Waals surface area (Å²) in [6.07, 6.45) is 1.53. The number of methoxy groups -OCH3 is 1. The van der Waals surface area contributed by atoms with Crippen molar-refractivity contribution in [2.45, 2.75) is 6.73 Å². The average Bonchev–Trinajstić information content (AvgIpc) is 2.23. The molecule has 2 aromatic rings. The molecule has 0 atom stereocenters. The lowest BCUT2D eigenvalue weighted by Gasteiger charge is -2.09. The van der Waals surface area contributed by atoms with Crippen molar-refractivity contribution in [2.24, 2.45) is 0 Å². The van der Waals surface area contributed by atoms with Gasteiger partial charge >= 0.3 is 0 Å². The summed E-state index contributed by atoms with van der Waals surface area (Å²) in [5, 5.41) is 0.370. The Hall–Kier alpha value is -1.68. The highest BCUT2D eigenvalue weighted by Gasteiger charge is 2.06. The first kappa shape index (κ1) is 9.86. The molecule has 0 saturated heterocycles. The van der Waals surface area contributed by atoms with Crippen LogP contribution in [0.2, 0.25) is 0 Å². The van der Waals surface area contributed by atoms with Gasteiger partial charge in [0.2, 0.25) is 0 Å². The van der Waals surface area contributed by atoms with E-state index >= 15 is 0 Å². The molecule has 0 amide bonds. The van der Waals surface area contributed by atoms with Crippen LogP contribution in [0.4, 0.5) is 4.39 Å². The van der Waals surface area contributed by atoms with Crippen LogP contribution in [0.15, 0.2) is 35.3 Å². The van der Waals surface area contributed by atoms with E-state index in [1.807, 2.05) is 0 Å². The fraction of sp³-hybridized carbons (Fsp3) is 0.182. The zero-order valence-corrected chi connectivity index (χ0v) is 8.24. The van der Waals surface area contributed by atoms with Crippen LogP contribution in [0.1, 0.15) is 0 Å². The van der Waals surface area contributed by atoms with Gasteiger partial charge in [0, 0.05) is 24.8 Å². The average molecular weight is 207 g/mol. The second-order valence-corrected chi connectivity index (χ2v) is 3.20. The van der Waals surface area contributed by atoms with Gasteiger partial charge in [-0.05, 0) is 12.1 Å². The first-order chi connectivity index (χ1) is 7.24. The molecule has 1 heterocycles. The van der Waals surface area contributed by atoms with E-state index in [0.717, 1.165) is 0 Å². The van der Waals surface area contributed by atoms with Crippen LogP contribution in [-0.4, -0.2) is 11.7 Å². The smallest absolute Gasteiger partial charge is 0.189 e. The van der Waals surface area contributed by atoms with Gasteiger partial charge in [0.25, 0.3) is 0 Å². The van der Waals surface area contributed by atoms with E-state index in [1.165, 1.54) is 31.5 Å². The van der Waals surface area contributed by atoms with Crippen molar-refractivity contribution in [3.8, 4) is 0 Å². The lowest BCUT2D eigenvalue weighted by molar-refractivity contribution is 0.134. The molecule has 15 heavy (non-hydrogen) atoms. The monoisotopic (exact) mass is 207 g/mol. The standard InChI is InChI=1S/C11H10FNO2/c1-15-7-13-6-5-10(14)8-3-2-4-9(12)11(8)13/h2-6H,7H2,1H3. The molecule has 0 radical (unpaired) electrons. The van der Waals surface area contributed by atoms with Gasteiger partial charge in [-0.15, -0.1) is 0 Å². The minimum atomic E-state index is -0.415. The van der Waals surface area contributed by atoms with Crippen molar-refractivity contribution < 1.29 is 9.13 Å².